The maximum absolute atomic E-state index is 15.2. The molecule has 25 nitrogen and oxygen atoms in total. The first-order valence-electron chi connectivity index (χ1n) is 43.1. The van der Waals surface area contributed by atoms with Gasteiger partial charge in [0.2, 0.25) is 24.3 Å². The van der Waals surface area contributed by atoms with E-state index in [-0.39, 0.29) is 170 Å². The van der Waals surface area contributed by atoms with E-state index >= 15 is 13.2 Å². The van der Waals surface area contributed by atoms with Crippen LogP contribution in [0.5, 0.6) is 17.2 Å². The van der Waals surface area contributed by atoms with Crippen molar-refractivity contribution in [3.63, 3.8) is 0 Å². The number of nitrogens with zero attached hydrogens (tertiary/aromatic N) is 16. The molecule has 9 aliphatic rings. The van der Waals surface area contributed by atoms with Gasteiger partial charge in [0.15, 0.2) is 17.2 Å². The van der Waals surface area contributed by atoms with Crippen LogP contribution < -0.4 is 45.6 Å². The second-order valence-corrected chi connectivity index (χ2v) is 34.9. The zero-order valence-electron chi connectivity index (χ0n) is 71.0. The highest BCUT2D eigenvalue weighted by Crippen LogP contribution is 2.53. The van der Waals surface area contributed by atoms with E-state index in [2.05, 4.69) is 57.5 Å². The minimum absolute atomic E-state index is 0.0137. The second kappa shape index (κ2) is 37.8. The molecule has 3 amide bonds. The Morgan fingerprint density at radius 3 is 1.16 bits per heavy atom. The van der Waals surface area contributed by atoms with Gasteiger partial charge in [-0.3, -0.25) is 42.5 Å². The van der Waals surface area contributed by atoms with Crippen LogP contribution >= 0.6 is 34.8 Å². The smallest absolute Gasteiger partial charge is 0.271 e. The fourth-order valence-corrected chi connectivity index (χ4v) is 20.3. The van der Waals surface area contributed by atoms with Gasteiger partial charge in [-0.2, -0.15) is 15.8 Å². The van der Waals surface area contributed by atoms with E-state index in [0.717, 1.165) is 115 Å². The molecule has 0 N–H and O–H groups in total. The van der Waals surface area contributed by atoms with Crippen LogP contribution in [0.2, 0.25) is 15.1 Å². The molecule has 6 fully saturated rings. The molecule has 0 bridgehead atoms. The van der Waals surface area contributed by atoms with Gasteiger partial charge in [-0.25, -0.2) is 32.9 Å². The molecule has 0 aliphatic carbocycles. The molecule has 0 saturated carbocycles. The van der Waals surface area contributed by atoms with Crippen LogP contribution in [0.15, 0.2) is 125 Å². The number of pyridine rings is 3. The summed E-state index contributed by atoms with van der Waals surface area (Å²) in [6.07, 6.45) is 9.89. The summed E-state index contributed by atoms with van der Waals surface area (Å²) in [5.74, 6) is -4.70. The molecule has 9 aromatic rings. The van der Waals surface area contributed by atoms with Crippen molar-refractivity contribution in [2.24, 2.45) is 0 Å². The number of benzene rings is 6. The van der Waals surface area contributed by atoms with E-state index in [4.69, 9.17) is 55.6 Å². The number of halogens is 9. The Bertz CT molecular complexity index is 6490. The lowest BCUT2D eigenvalue weighted by molar-refractivity contribution is -0.128. The first kappa shape index (κ1) is 90.0. The van der Waals surface area contributed by atoms with Crippen molar-refractivity contribution in [3.8, 4) is 68.8 Å². The summed E-state index contributed by atoms with van der Waals surface area (Å²) in [6, 6.07) is 18.9. The number of hydrogen-bond donors (Lipinski definition) is 0. The molecule has 9 aliphatic heterocycles. The minimum Gasteiger partial charge on any atom is -0.488 e. The van der Waals surface area contributed by atoms with Gasteiger partial charge in [0.1, 0.15) is 95.7 Å². The predicted octanol–water partition coefficient (Wildman–Crippen LogP) is 14.5. The predicted molar refractivity (Wildman–Crippen MR) is 482 cm³/mol. The van der Waals surface area contributed by atoms with Gasteiger partial charge in [0.25, 0.3) is 16.7 Å². The van der Waals surface area contributed by atoms with Crippen molar-refractivity contribution in [1.29, 1.82) is 15.8 Å². The molecule has 0 spiro atoms. The van der Waals surface area contributed by atoms with Crippen LogP contribution in [-0.2, 0) is 14.4 Å². The maximum Gasteiger partial charge on any atom is 0.271 e. The number of anilines is 3. The average Bonchev–Trinajstić information content (AvgIpc) is 0.732. The summed E-state index contributed by atoms with van der Waals surface area (Å²) in [4.78, 5) is 101. The Labute approximate surface area is 754 Å². The van der Waals surface area contributed by atoms with Gasteiger partial charge in [-0.15, -0.1) is 0 Å². The Morgan fingerprint density at radius 2 is 0.822 bits per heavy atom. The molecule has 668 valence electrons. The Hall–Kier alpha value is -12.3. The number of aromatic nitrogens is 3. The van der Waals surface area contributed by atoms with Crippen molar-refractivity contribution in [3.05, 3.63) is 220 Å². The number of rotatable bonds is 20. The quantitative estimate of drug-likeness (QED) is 0.0391. The van der Waals surface area contributed by atoms with Crippen molar-refractivity contribution in [2.45, 2.75) is 95.0 Å². The second-order valence-electron chi connectivity index (χ2n) is 33.7. The third-order valence-corrected chi connectivity index (χ3v) is 27.1. The molecule has 129 heavy (non-hydrogen) atoms. The zero-order valence-corrected chi connectivity index (χ0v) is 73.3. The summed E-state index contributed by atoms with van der Waals surface area (Å²) < 4.78 is 111. The van der Waals surface area contributed by atoms with Gasteiger partial charge < -0.3 is 63.2 Å². The van der Waals surface area contributed by atoms with Gasteiger partial charge in [-0.05, 0) is 177 Å². The normalized spacial score (nSPS) is 19.9. The van der Waals surface area contributed by atoms with Crippen LogP contribution in [-0.4, -0.2) is 223 Å². The van der Waals surface area contributed by atoms with Crippen LogP contribution in [0.25, 0.3) is 70.9 Å². The number of piperazine rings is 3. The highest BCUT2D eigenvalue weighted by atomic mass is 35.5. The van der Waals surface area contributed by atoms with Gasteiger partial charge in [0, 0.05) is 152 Å². The molecule has 12 heterocycles. The van der Waals surface area contributed by atoms with E-state index in [1.807, 2.05) is 28.5 Å². The maximum atomic E-state index is 15.2. The number of hydrogen-bond acceptors (Lipinski definition) is 18. The Morgan fingerprint density at radius 1 is 0.465 bits per heavy atom. The lowest BCUT2D eigenvalue weighted by Gasteiger charge is -2.42. The number of amides is 3. The molecular weight excluding hydrogens is 1730 g/mol. The lowest BCUT2D eigenvalue weighted by Crippen LogP contribution is -2.56. The third kappa shape index (κ3) is 16.9. The van der Waals surface area contributed by atoms with Crippen molar-refractivity contribution < 1.29 is 54.9 Å². The molecule has 0 radical (unpaired) electrons. The molecule has 18 rings (SSSR count). The summed E-state index contributed by atoms with van der Waals surface area (Å²) in [5, 5.41) is 33.0. The summed E-state index contributed by atoms with van der Waals surface area (Å²) in [6.45, 7) is 33.9. The Kier molecular flexibility index (Phi) is 26.4. The topological polar surface area (TPSA) is 250 Å². The molecule has 6 aromatic carbocycles. The molecule has 6 atom stereocenters. The largest absolute Gasteiger partial charge is 0.488 e. The van der Waals surface area contributed by atoms with Gasteiger partial charge in [-0.1, -0.05) is 54.5 Å². The fourth-order valence-electron chi connectivity index (χ4n) is 19.4. The van der Waals surface area contributed by atoms with E-state index < -0.39 is 63.7 Å². The highest BCUT2D eigenvalue weighted by Gasteiger charge is 2.43. The van der Waals surface area contributed by atoms with Crippen molar-refractivity contribution in [2.75, 3.05) is 159 Å². The van der Waals surface area contributed by atoms with Crippen LogP contribution in [0.3, 0.4) is 0 Å². The molecule has 3 aromatic heterocycles. The molecule has 6 saturated heterocycles. The van der Waals surface area contributed by atoms with Crippen LogP contribution in [0, 0.1) is 75.5 Å². The van der Waals surface area contributed by atoms with Gasteiger partial charge >= 0.3 is 0 Å². The summed E-state index contributed by atoms with van der Waals surface area (Å²) in [7, 11) is 0. The standard InChI is InChI=1S/C32H29ClF2N6O3.C32H32ClF2N5O3.C31H30ClF2N5O3/c1-3-27(42)40-12-11-39(17-21(40)16-37-2)29-23-14-25(33)28(22-6-5-19(34)13-26(22)35)31-30(23)41(32(43)24(29)15-36)20(18-44-31)7-10-38-8-4-9-38;1-3-27(41)38-12-13-39(19(2)17-38)29-23-15-25(33)28(22-8-7-20(34)14-26(22)35)31-30(23)40(32(42)24(29)16-36)21(18-43-31)6-4-9-37-10-5-11-37;1-3-26(40)37-11-12-38(18(2)16-37)28-22-14-24(32)27(21-6-5-19(33)13-25(21)34)30-29(22)39(31(41)23(28)15-35)20(17-42-30)7-10-36-8-4-9-36/h3,5-6,13-14,20-21H,1,4,7-12,16-18H2;3,7-8,14-15,19,21H,1,4-6,9-13,17-18H2,2H3;3,5-6,13-14,18,20H,1,4,7-12,16-17H2,2H3/t20?,21-;19-,21?;18-,20?/m000/s1. The fraction of sp³-hybridized carbons (Fsp3) is 0.389. The van der Waals surface area contributed by atoms with E-state index in [1.165, 1.54) is 42.8 Å². The molecular formula is C95H91Cl3F6N16O9. The zero-order chi connectivity index (χ0) is 91.2. The van der Waals surface area contributed by atoms with Crippen LogP contribution in [0.1, 0.15) is 93.6 Å². The van der Waals surface area contributed by atoms with Crippen molar-refractivity contribution >= 4 is 102 Å². The van der Waals surface area contributed by atoms with E-state index in [9.17, 15) is 57.7 Å². The van der Waals surface area contributed by atoms with Crippen LogP contribution in [0.4, 0.5) is 43.4 Å². The minimum atomic E-state index is -0.834. The summed E-state index contributed by atoms with van der Waals surface area (Å²) >= 11 is 20.5. The average molecular weight is 1820 g/mol. The van der Waals surface area contributed by atoms with E-state index in [0.29, 0.717) is 108 Å². The number of carbonyl (C=O) groups excluding carboxylic acids is 3. The highest BCUT2D eigenvalue weighted by molar-refractivity contribution is 6.36. The first-order chi connectivity index (χ1) is 62.2. The van der Waals surface area contributed by atoms with E-state index in [1.54, 1.807) is 46.6 Å². The third-order valence-electron chi connectivity index (χ3n) is 26.2. The Balaban J connectivity index is 0.000000142. The van der Waals surface area contributed by atoms with Crippen molar-refractivity contribution in [1.82, 2.24) is 43.1 Å². The molecule has 34 heteroatoms. The number of likely N-dealkylation sites (tertiary alicyclic amines) is 3. The molecule has 3 unspecified atom stereocenters. The number of carbonyl (C=O) groups is 3. The first-order valence-corrected chi connectivity index (χ1v) is 44.2. The SMILES string of the molecule is C=CC(=O)N1CCN(c2c(C#N)c(=O)n3c4c(c(-c5ccc(F)cc5F)c(Cl)cc24)OCC3CCCN2CCC2)[C@@H](C)C1.C=CC(=O)N1CCN(c2c(C#N)c(=O)n3c4c(c(-c5ccc(F)cc5F)c(Cl)cc24)OCC3CCN2CCC2)[C@@H](C)C1.[C-]#[N+]C[C@H]1CN(c2c(C#N)c(=O)n3c4c(c(-c5ccc(F)cc5F)c(Cl)cc24)OCC3CCN2CCC2)CCN1C(=O)C=C. The number of nitriles is 3. The van der Waals surface area contributed by atoms with Gasteiger partial charge in [0.05, 0.1) is 66.8 Å². The monoisotopic (exact) mass is 1820 g/mol. The lowest BCUT2D eigenvalue weighted by atomic mass is 9.96. The number of ether oxygens (including phenoxy) is 3. The summed E-state index contributed by atoms with van der Waals surface area (Å²) in [5.41, 5.74) is 1.61.